The van der Waals surface area contributed by atoms with Crippen LogP contribution in [-0.4, -0.2) is 54.0 Å². The number of hydrogen-bond donors (Lipinski definition) is 2. The van der Waals surface area contributed by atoms with E-state index in [4.69, 9.17) is 16.3 Å². The molecule has 0 bridgehead atoms. The summed E-state index contributed by atoms with van der Waals surface area (Å²) in [4.78, 5) is 37.4. The zero-order valence-electron chi connectivity index (χ0n) is 14.5. The lowest BCUT2D eigenvalue weighted by Gasteiger charge is -2.49. The zero-order chi connectivity index (χ0) is 19.8. The Balaban J connectivity index is 1.53. The molecular formula is C17H14ClN5O4S. The van der Waals surface area contributed by atoms with Crippen molar-refractivity contribution in [3.8, 4) is 11.8 Å². The number of aromatic nitrogens is 3. The summed E-state index contributed by atoms with van der Waals surface area (Å²) >= 11 is 7.42. The van der Waals surface area contributed by atoms with Gasteiger partial charge in [-0.1, -0.05) is 18.2 Å². The van der Waals surface area contributed by atoms with E-state index in [1.165, 1.54) is 16.7 Å². The van der Waals surface area contributed by atoms with Gasteiger partial charge in [-0.15, -0.1) is 11.8 Å². The summed E-state index contributed by atoms with van der Waals surface area (Å²) in [6.07, 6.45) is 0. The fraction of sp³-hybridized carbons (Fsp3) is 0.235. The van der Waals surface area contributed by atoms with E-state index >= 15 is 0 Å². The highest BCUT2D eigenvalue weighted by molar-refractivity contribution is 8.00. The predicted molar refractivity (Wildman–Crippen MR) is 102 cm³/mol. The Hall–Kier alpha value is -2.85. The van der Waals surface area contributed by atoms with Crippen LogP contribution in [-0.2, 0) is 9.59 Å². The summed E-state index contributed by atoms with van der Waals surface area (Å²) in [6.45, 7) is 1.71. The van der Waals surface area contributed by atoms with E-state index < -0.39 is 12.0 Å². The van der Waals surface area contributed by atoms with Gasteiger partial charge >= 0.3 is 12.0 Å². The number of fused-ring (bicyclic) bond motifs is 1. The molecule has 144 valence electrons. The van der Waals surface area contributed by atoms with Crippen LogP contribution in [0.25, 0.3) is 0 Å². The van der Waals surface area contributed by atoms with Gasteiger partial charge in [-0.2, -0.15) is 15.0 Å². The molecule has 3 heterocycles. The lowest BCUT2D eigenvalue weighted by Crippen LogP contribution is -2.67. The van der Waals surface area contributed by atoms with Gasteiger partial charge in [0.25, 0.3) is 5.91 Å². The number of benzene rings is 1. The van der Waals surface area contributed by atoms with Gasteiger partial charge < -0.3 is 15.2 Å². The number of amides is 1. The van der Waals surface area contributed by atoms with Crippen molar-refractivity contribution in [1.82, 2.24) is 19.9 Å². The molecule has 1 amide bonds. The van der Waals surface area contributed by atoms with Gasteiger partial charge in [0.15, 0.2) is 0 Å². The molecule has 2 aliphatic rings. The van der Waals surface area contributed by atoms with Crippen LogP contribution in [0.2, 0.25) is 5.28 Å². The third-order valence-electron chi connectivity index (χ3n) is 4.19. The second-order valence-corrected chi connectivity index (χ2v) is 7.53. The molecule has 0 spiro atoms. The SMILES string of the molecule is CC1=C(C(=O)O)N2C(=O)[C@@H](Nc3nc(Cl)nc(Oc4ccccc4)n3)[C@H]2SC1. The number of carbonyl (C=O) groups excluding carboxylic acids is 1. The van der Waals surface area contributed by atoms with Crippen molar-refractivity contribution in [1.29, 1.82) is 0 Å². The van der Waals surface area contributed by atoms with E-state index in [9.17, 15) is 14.7 Å². The summed E-state index contributed by atoms with van der Waals surface area (Å²) in [7, 11) is 0. The molecule has 0 aliphatic carbocycles. The largest absolute Gasteiger partial charge is 0.477 e. The van der Waals surface area contributed by atoms with E-state index in [-0.39, 0.29) is 34.2 Å². The number of carboxylic acids is 1. The number of hydrogen-bond acceptors (Lipinski definition) is 8. The van der Waals surface area contributed by atoms with Crippen molar-refractivity contribution in [2.45, 2.75) is 18.3 Å². The molecule has 1 fully saturated rings. The number of thioether (sulfide) groups is 1. The van der Waals surface area contributed by atoms with Crippen molar-refractivity contribution in [2.75, 3.05) is 11.1 Å². The number of carboxylic acid groups (broad SMARTS) is 1. The van der Waals surface area contributed by atoms with Crippen LogP contribution in [0.1, 0.15) is 6.92 Å². The van der Waals surface area contributed by atoms with E-state index in [1.54, 1.807) is 31.2 Å². The minimum atomic E-state index is -1.11. The molecule has 2 aliphatic heterocycles. The van der Waals surface area contributed by atoms with Crippen molar-refractivity contribution < 1.29 is 19.4 Å². The summed E-state index contributed by atoms with van der Waals surface area (Å²) in [5, 5.41) is 11.8. The van der Waals surface area contributed by atoms with E-state index in [1.807, 2.05) is 6.07 Å². The summed E-state index contributed by atoms with van der Waals surface area (Å²) in [5.41, 5.74) is 0.691. The van der Waals surface area contributed by atoms with Gasteiger partial charge in [0, 0.05) is 5.75 Å². The highest BCUT2D eigenvalue weighted by Crippen LogP contribution is 2.41. The van der Waals surface area contributed by atoms with Crippen molar-refractivity contribution >= 4 is 41.2 Å². The Morgan fingerprint density at radius 2 is 2.07 bits per heavy atom. The van der Waals surface area contributed by atoms with E-state index in [0.717, 1.165) is 0 Å². The fourth-order valence-corrected chi connectivity index (χ4v) is 4.40. The number of rotatable bonds is 5. The lowest BCUT2D eigenvalue weighted by atomic mass is 10.0. The minimum Gasteiger partial charge on any atom is -0.477 e. The molecule has 2 aromatic rings. The predicted octanol–water partition coefficient (Wildman–Crippen LogP) is 2.37. The number of ether oxygens (including phenoxy) is 1. The van der Waals surface area contributed by atoms with Crippen LogP contribution in [0.4, 0.5) is 5.95 Å². The molecule has 0 unspecified atom stereocenters. The maximum Gasteiger partial charge on any atom is 0.352 e. The zero-order valence-corrected chi connectivity index (χ0v) is 16.1. The molecule has 0 radical (unpaired) electrons. The number of halogens is 1. The molecule has 2 N–H and O–H groups in total. The fourth-order valence-electron chi connectivity index (χ4n) is 2.95. The monoisotopic (exact) mass is 419 g/mol. The number of para-hydroxylation sites is 1. The van der Waals surface area contributed by atoms with Gasteiger partial charge in [0.2, 0.25) is 11.2 Å². The smallest absolute Gasteiger partial charge is 0.352 e. The quantitative estimate of drug-likeness (QED) is 0.704. The van der Waals surface area contributed by atoms with Gasteiger partial charge in [0.05, 0.1) is 0 Å². The van der Waals surface area contributed by atoms with Crippen LogP contribution >= 0.6 is 23.4 Å². The molecule has 1 saturated heterocycles. The van der Waals surface area contributed by atoms with Crippen LogP contribution in [0, 0.1) is 0 Å². The van der Waals surface area contributed by atoms with Gasteiger partial charge in [-0.05, 0) is 36.2 Å². The van der Waals surface area contributed by atoms with Crippen molar-refractivity contribution in [3.05, 3.63) is 46.9 Å². The lowest BCUT2D eigenvalue weighted by molar-refractivity contribution is -0.147. The number of anilines is 1. The Labute approximate surface area is 168 Å². The average molecular weight is 420 g/mol. The normalized spacial score (nSPS) is 21.1. The molecule has 11 heteroatoms. The van der Waals surface area contributed by atoms with Crippen LogP contribution in [0.5, 0.6) is 11.8 Å². The molecule has 28 heavy (non-hydrogen) atoms. The first kappa shape index (κ1) is 18.5. The molecule has 4 rings (SSSR count). The molecule has 9 nitrogen and oxygen atoms in total. The van der Waals surface area contributed by atoms with E-state index in [0.29, 0.717) is 17.1 Å². The van der Waals surface area contributed by atoms with Crippen LogP contribution in [0.3, 0.4) is 0 Å². The standard InChI is InChI=1S/C17H14ClN5O4S/c1-8-7-28-13-10(12(24)23(13)11(8)14(25)26)19-16-20-15(18)21-17(22-16)27-9-5-3-2-4-6-9/h2-6,10,13H,7H2,1H3,(H,25,26)(H,19,20,21,22)/t10-,13-/m1/s1. The molecule has 1 aromatic carbocycles. The first-order valence-electron chi connectivity index (χ1n) is 8.23. The average Bonchev–Trinajstić information content (AvgIpc) is 2.66. The molecule has 0 saturated carbocycles. The number of nitrogens with one attached hydrogen (secondary N) is 1. The molecule has 1 aromatic heterocycles. The Morgan fingerprint density at radius 3 is 2.79 bits per heavy atom. The van der Waals surface area contributed by atoms with Gasteiger partial charge in [-0.25, -0.2) is 4.79 Å². The van der Waals surface area contributed by atoms with Gasteiger partial charge in [0.1, 0.15) is 22.9 Å². The third-order valence-corrected chi connectivity index (χ3v) is 5.78. The number of aliphatic carboxylic acids is 1. The van der Waals surface area contributed by atoms with E-state index in [2.05, 4.69) is 20.3 Å². The molecule has 2 atom stereocenters. The number of β-lactam (4-membered cyclic amide) rings is 1. The number of carbonyl (C=O) groups is 2. The Morgan fingerprint density at radius 1 is 1.32 bits per heavy atom. The highest BCUT2D eigenvalue weighted by Gasteiger charge is 2.53. The third kappa shape index (κ3) is 3.36. The van der Waals surface area contributed by atoms with Crippen LogP contribution < -0.4 is 10.1 Å². The van der Waals surface area contributed by atoms with Crippen molar-refractivity contribution in [2.24, 2.45) is 0 Å². The topological polar surface area (TPSA) is 118 Å². The summed E-state index contributed by atoms with van der Waals surface area (Å²) in [6, 6.07) is 8.23. The van der Waals surface area contributed by atoms with Crippen LogP contribution in [0.15, 0.2) is 41.6 Å². The second-order valence-electron chi connectivity index (χ2n) is 6.09. The first-order valence-corrected chi connectivity index (χ1v) is 9.65. The summed E-state index contributed by atoms with van der Waals surface area (Å²) < 4.78 is 5.56. The minimum absolute atomic E-state index is 0.0180. The van der Waals surface area contributed by atoms with Gasteiger partial charge in [-0.3, -0.25) is 9.69 Å². The van der Waals surface area contributed by atoms with Crippen molar-refractivity contribution in [3.63, 3.8) is 0 Å². The summed E-state index contributed by atoms with van der Waals surface area (Å²) in [5.74, 6) is -0.356. The maximum absolute atomic E-state index is 12.5. The Bertz CT molecular complexity index is 987. The highest BCUT2D eigenvalue weighted by atomic mass is 35.5. The second kappa shape index (κ2) is 7.28. The Kier molecular flexibility index (Phi) is 4.82. The molecular weight excluding hydrogens is 406 g/mol. The first-order chi connectivity index (χ1) is 13.4. The number of nitrogens with zero attached hydrogens (tertiary/aromatic N) is 4. The maximum atomic E-state index is 12.5.